The topological polar surface area (TPSA) is 113 Å². The molecule has 25 heavy (non-hydrogen) atoms. The molecular formula is C16H20N2O6S. The first-order valence-electron chi connectivity index (χ1n) is 7.75. The summed E-state index contributed by atoms with van der Waals surface area (Å²) in [5, 5.41) is 8.53. The van der Waals surface area contributed by atoms with E-state index in [2.05, 4.69) is 4.72 Å². The molecule has 0 aromatic heterocycles. The van der Waals surface area contributed by atoms with Crippen LogP contribution in [0.4, 0.5) is 0 Å². The number of carboxylic acid groups (broad SMARTS) is 1. The van der Waals surface area contributed by atoms with Crippen LogP contribution in [-0.2, 0) is 24.3 Å². The van der Waals surface area contributed by atoms with Gasteiger partial charge in [0.1, 0.15) is 0 Å². The fourth-order valence-corrected chi connectivity index (χ4v) is 3.22. The Morgan fingerprint density at radius 3 is 2.44 bits per heavy atom. The quantitative estimate of drug-likeness (QED) is 0.670. The molecule has 9 heteroatoms. The maximum absolute atomic E-state index is 12.0. The molecule has 1 aliphatic rings. The minimum Gasteiger partial charge on any atom is -0.481 e. The zero-order chi connectivity index (χ0) is 18.3. The summed E-state index contributed by atoms with van der Waals surface area (Å²) in [5.74, 6) is -1.19. The van der Waals surface area contributed by atoms with E-state index in [9.17, 15) is 18.0 Å². The fraction of sp³-hybridized carbons (Fsp3) is 0.375. The molecule has 8 nitrogen and oxygen atoms in total. The first kappa shape index (κ1) is 19.1. The molecule has 0 radical (unpaired) electrons. The number of nitrogens with one attached hydrogen (secondary N) is 1. The van der Waals surface area contributed by atoms with Gasteiger partial charge in [0, 0.05) is 25.7 Å². The lowest BCUT2D eigenvalue weighted by Gasteiger charge is -2.25. The first-order valence-corrected chi connectivity index (χ1v) is 9.23. The van der Waals surface area contributed by atoms with Gasteiger partial charge in [-0.15, -0.1) is 0 Å². The van der Waals surface area contributed by atoms with Crippen molar-refractivity contribution in [2.75, 3.05) is 32.8 Å². The number of ether oxygens (including phenoxy) is 1. The number of benzene rings is 1. The van der Waals surface area contributed by atoms with E-state index >= 15 is 0 Å². The van der Waals surface area contributed by atoms with E-state index in [1.165, 1.54) is 18.2 Å². The molecule has 1 heterocycles. The zero-order valence-electron chi connectivity index (χ0n) is 13.6. The van der Waals surface area contributed by atoms with Crippen molar-refractivity contribution in [3.05, 3.63) is 35.9 Å². The summed E-state index contributed by atoms with van der Waals surface area (Å²) in [4.78, 5) is 24.2. The lowest BCUT2D eigenvalue weighted by Crippen LogP contribution is -2.39. The number of rotatable bonds is 7. The van der Waals surface area contributed by atoms with Crippen molar-refractivity contribution in [1.29, 1.82) is 0 Å². The summed E-state index contributed by atoms with van der Waals surface area (Å²) < 4.78 is 31.4. The number of nitrogens with zero attached hydrogens (tertiary/aromatic N) is 1. The molecule has 2 rings (SSSR count). The highest BCUT2D eigenvalue weighted by Crippen LogP contribution is 2.12. The second-order valence-electron chi connectivity index (χ2n) is 5.38. The third-order valence-electron chi connectivity index (χ3n) is 3.56. The van der Waals surface area contributed by atoms with Crippen molar-refractivity contribution in [3.8, 4) is 0 Å². The Balaban J connectivity index is 1.95. The van der Waals surface area contributed by atoms with Crippen molar-refractivity contribution in [1.82, 2.24) is 9.62 Å². The number of carbonyl (C=O) groups is 2. The van der Waals surface area contributed by atoms with E-state index in [4.69, 9.17) is 9.84 Å². The summed E-state index contributed by atoms with van der Waals surface area (Å²) in [5.41, 5.74) is 0.686. The van der Waals surface area contributed by atoms with Gasteiger partial charge in [0.25, 0.3) is 0 Å². The van der Waals surface area contributed by atoms with Crippen LogP contribution in [0, 0.1) is 0 Å². The molecule has 0 bridgehead atoms. The van der Waals surface area contributed by atoms with Crippen LogP contribution in [0.1, 0.15) is 12.0 Å². The van der Waals surface area contributed by atoms with E-state index in [1.807, 2.05) is 0 Å². The Hall–Kier alpha value is -2.23. The highest BCUT2D eigenvalue weighted by atomic mass is 32.2. The standard InChI is InChI=1S/C16H20N2O6S/c19-15(18-9-11-24-12-10-18)6-3-13-1-4-14(5-2-13)25(22,23)17-8-7-16(20)21/h1-6,17H,7-12H2,(H,20,21)/b6-3+. The minimum absolute atomic E-state index is 0.0366. The van der Waals surface area contributed by atoms with Crippen LogP contribution in [0.25, 0.3) is 6.08 Å². The molecular weight excluding hydrogens is 348 g/mol. The third-order valence-corrected chi connectivity index (χ3v) is 5.04. The monoisotopic (exact) mass is 368 g/mol. The molecule has 1 amide bonds. The summed E-state index contributed by atoms with van der Waals surface area (Å²) in [7, 11) is -3.75. The molecule has 0 spiro atoms. The molecule has 1 aliphatic heterocycles. The fourth-order valence-electron chi connectivity index (χ4n) is 2.19. The van der Waals surface area contributed by atoms with Crippen molar-refractivity contribution in [2.45, 2.75) is 11.3 Å². The summed E-state index contributed by atoms with van der Waals surface area (Å²) >= 11 is 0. The minimum atomic E-state index is -3.75. The van der Waals surface area contributed by atoms with Gasteiger partial charge in [-0.25, -0.2) is 13.1 Å². The van der Waals surface area contributed by atoms with Crippen LogP contribution in [0.15, 0.2) is 35.2 Å². The molecule has 2 N–H and O–H groups in total. The smallest absolute Gasteiger partial charge is 0.304 e. The number of carboxylic acids is 1. The maximum atomic E-state index is 12.0. The molecule has 1 saturated heterocycles. The molecule has 0 aliphatic carbocycles. The average molecular weight is 368 g/mol. The van der Waals surface area contributed by atoms with Gasteiger partial charge in [0.2, 0.25) is 15.9 Å². The highest BCUT2D eigenvalue weighted by molar-refractivity contribution is 7.89. The van der Waals surface area contributed by atoms with Crippen molar-refractivity contribution >= 4 is 28.0 Å². The van der Waals surface area contributed by atoms with E-state index in [-0.39, 0.29) is 23.8 Å². The van der Waals surface area contributed by atoms with Crippen LogP contribution in [-0.4, -0.2) is 63.1 Å². The van der Waals surface area contributed by atoms with Crippen molar-refractivity contribution in [3.63, 3.8) is 0 Å². The number of hydrogen-bond donors (Lipinski definition) is 2. The van der Waals surface area contributed by atoms with E-state index < -0.39 is 16.0 Å². The van der Waals surface area contributed by atoms with Gasteiger partial charge < -0.3 is 14.7 Å². The van der Waals surface area contributed by atoms with Crippen molar-refractivity contribution < 1.29 is 27.9 Å². The molecule has 0 saturated carbocycles. The van der Waals surface area contributed by atoms with Gasteiger partial charge in [-0.2, -0.15) is 0 Å². The zero-order valence-corrected chi connectivity index (χ0v) is 14.4. The number of carbonyl (C=O) groups excluding carboxylic acids is 1. The SMILES string of the molecule is O=C(O)CCNS(=O)(=O)c1ccc(/C=C/C(=O)N2CCOCC2)cc1. The lowest BCUT2D eigenvalue weighted by atomic mass is 10.2. The van der Waals surface area contributed by atoms with Gasteiger partial charge in [-0.1, -0.05) is 12.1 Å². The van der Waals surface area contributed by atoms with Crippen LogP contribution in [0.5, 0.6) is 0 Å². The normalized spacial score (nSPS) is 15.4. The van der Waals surface area contributed by atoms with Crippen LogP contribution < -0.4 is 4.72 Å². The number of morpholine rings is 1. The molecule has 0 atom stereocenters. The van der Waals surface area contributed by atoms with Gasteiger partial charge in [-0.3, -0.25) is 9.59 Å². The Morgan fingerprint density at radius 1 is 1.20 bits per heavy atom. The van der Waals surface area contributed by atoms with Gasteiger partial charge in [0.05, 0.1) is 24.5 Å². The second kappa shape index (κ2) is 8.75. The number of amides is 1. The average Bonchev–Trinajstić information content (AvgIpc) is 2.60. The first-order chi connectivity index (χ1) is 11.9. The van der Waals surface area contributed by atoms with Gasteiger partial charge in [0.15, 0.2) is 0 Å². The Labute approximate surface area is 146 Å². The van der Waals surface area contributed by atoms with Gasteiger partial charge >= 0.3 is 5.97 Å². The van der Waals surface area contributed by atoms with E-state index in [1.54, 1.807) is 23.1 Å². The largest absolute Gasteiger partial charge is 0.481 e. The predicted octanol–water partition coefficient (Wildman–Crippen LogP) is 0.312. The Kier molecular flexibility index (Phi) is 6.68. The van der Waals surface area contributed by atoms with E-state index in [0.717, 1.165) is 0 Å². The predicted molar refractivity (Wildman–Crippen MR) is 90.3 cm³/mol. The van der Waals surface area contributed by atoms with Crippen LogP contribution >= 0.6 is 0 Å². The maximum Gasteiger partial charge on any atom is 0.304 e. The molecule has 136 valence electrons. The number of sulfonamides is 1. The summed E-state index contributed by atoms with van der Waals surface area (Å²) in [6.07, 6.45) is 2.77. The molecule has 1 fully saturated rings. The van der Waals surface area contributed by atoms with E-state index in [0.29, 0.717) is 31.9 Å². The molecule has 1 aromatic rings. The van der Waals surface area contributed by atoms with Crippen LogP contribution in [0.3, 0.4) is 0 Å². The second-order valence-corrected chi connectivity index (χ2v) is 7.15. The van der Waals surface area contributed by atoms with Crippen LogP contribution in [0.2, 0.25) is 0 Å². The Bertz CT molecular complexity index is 736. The number of hydrogen-bond acceptors (Lipinski definition) is 5. The highest BCUT2D eigenvalue weighted by Gasteiger charge is 2.15. The molecule has 0 unspecified atom stereocenters. The van der Waals surface area contributed by atoms with Crippen molar-refractivity contribution in [2.24, 2.45) is 0 Å². The molecule has 1 aromatic carbocycles. The summed E-state index contributed by atoms with van der Waals surface area (Å²) in [6, 6.07) is 5.97. The third kappa shape index (κ3) is 5.96. The summed E-state index contributed by atoms with van der Waals surface area (Å²) in [6.45, 7) is 2.00. The Morgan fingerprint density at radius 2 is 1.84 bits per heavy atom. The number of aliphatic carboxylic acids is 1. The van der Waals surface area contributed by atoms with Gasteiger partial charge in [-0.05, 0) is 23.8 Å². The lowest BCUT2D eigenvalue weighted by molar-refractivity contribution is -0.136.